The van der Waals surface area contributed by atoms with Gasteiger partial charge in [-0.05, 0) is 54.8 Å². The maximum absolute atomic E-state index is 6.57. The van der Waals surface area contributed by atoms with Crippen molar-refractivity contribution in [2.45, 2.75) is 64.9 Å². The first kappa shape index (κ1) is 42.0. The summed E-state index contributed by atoms with van der Waals surface area (Å²) in [5, 5.41) is 2.07. The fraction of sp³-hybridized carbons (Fsp3) is 0.212. The molecule has 0 saturated carbocycles. The first-order valence-corrected chi connectivity index (χ1v) is 27.6. The third-order valence-electron chi connectivity index (χ3n) is 10.8. The second kappa shape index (κ2) is 17.6. The summed E-state index contributed by atoms with van der Waals surface area (Å²) in [5.41, 5.74) is 14.7. The predicted octanol–water partition coefficient (Wildman–Crippen LogP) is 12.7. The molecule has 0 aliphatic rings. The molecule has 0 N–H and O–H groups in total. The van der Waals surface area contributed by atoms with Gasteiger partial charge in [-0.25, -0.2) is 4.98 Å². The zero-order valence-corrected chi connectivity index (χ0v) is 39.6. The molecule has 9 rings (SSSR count). The smallest absolute Gasteiger partial charge is 0.216 e. The molecule has 0 aliphatic heterocycles. The molecule has 5 nitrogen and oxygen atoms in total. The Morgan fingerprint density at radius 3 is 2.19 bits per heavy atom. The summed E-state index contributed by atoms with van der Waals surface area (Å²) in [4.78, 5) is 14.8. The fourth-order valence-electron chi connectivity index (χ4n) is 8.06. The molecule has 0 fully saturated rings. The Morgan fingerprint density at radius 2 is 1.47 bits per heavy atom. The molecule has 4 heterocycles. The standard InChI is InChI=1S/C34H26N3O.C18H24GeN.Ir/c1-21-10-9-11-22(2)30(21)28-19-18-25-31-23(3)16-17-26(32(31)38-34(25)36-28)33-35-27-14-7-8-15-29(27)37(33)20-24-12-5-4-6-13-24;1-14(2)11-16-12-18(15-9-7-6-8-10-15)20-13-17(16)19(3,4)5;/h4-16,18-19H,20H2,1-3H3;6-9,12-14H,11H2,1-5H3;/q2*-1;. The van der Waals surface area contributed by atoms with Crippen LogP contribution in [0.4, 0.5) is 0 Å². The van der Waals surface area contributed by atoms with E-state index in [1.165, 1.54) is 22.3 Å². The number of imidazole rings is 1. The van der Waals surface area contributed by atoms with E-state index in [0.29, 0.717) is 18.2 Å². The van der Waals surface area contributed by atoms with E-state index in [4.69, 9.17) is 19.4 Å². The summed E-state index contributed by atoms with van der Waals surface area (Å²) in [5.74, 6) is 8.84. The van der Waals surface area contributed by atoms with Crippen LogP contribution in [0.3, 0.4) is 0 Å². The number of hydrogen-bond donors (Lipinski definition) is 0. The van der Waals surface area contributed by atoms with Crippen molar-refractivity contribution in [1.29, 1.82) is 0 Å². The van der Waals surface area contributed by atoms with Gasteiger partial charge in [-0.15, -0.1) is 17.7 Å². The van der Waals surface area contributed by atoms with Gasteiger partial charge in [0.25, 0.3) is 0 Å². The quantitative estimate of drug-likeness (QED) is 0.112. The van der Waals surface area contributed by atoms with Crippen molar-refractivity contribution in [3.63, 3.8) is 0 Å². The van der Waals surface area contributed by atoms with Crippen molar-refractivity contribution >= 4 is 50.8 Å². The predicted molar refractivity (Wildman–Crippen MR) is 244 cm³/mol. The van der Waals surface area contributed by atoms with E-state index in [-0.39, 0.29) is 20.1 Å². The molecule has 299 valence electrons. The summed E-state index contributed by atoms with van der Waals surface area (Å²) >= 11 is -1.86. The number of aryl methyl sites for hydroxylation is 3. The van der Waals surface area contributed by atoms with Gasteiger partial charge in [-0.1, -0.05) is 78.5 Å². The molecule has 9 aromatic rings. The maximum Gasteiger partial charge on any atom is 0.216 e. The van der Waals surface area contributed by atoms with E-state index in [9.17, 15) is 0 Å². The number of hydrogen-bond acceptors (Lipinski definition) is 4. The third-order valence-corrected chi connectivity index (χ3v) is 15.2. The second-order valence-electron chi connectivity index (χ2n) is 16.8. The summed E-state index contributed by atoms with van der Waals surface area (Å²) in [6, 6.07) is 48.5. The van der Waals surface area contributed by atoms with E-state index >= 15 is 0 Å². The van der Waals surface area contributed by atoms with Crippen LogP contribution in [0.2, 0.25) is 17.3 Å². The van der Waals surface area contributed by atoms with Gasteiger partial charge in [0, 0.05) is 37.6 Å². The molecule has 0 atom stereocenters. The third kappa shape index (κ3) is 8.77. The molecular weight excluding hydrogens is 961 g/mol. The number of nitrogens with zero attached hydrogens (tertiary/aromatic N) is 4. The number of furan rings is 1. The topological polar surface area (TPSA) is 56.7 Å². The molecule has 0 aliphatic carbocycles. The molecule has 5 aromatic carbocycles. The van der Waals surface area contributed by atoms with Crippen LogP contribution in [0.15, 0.2) is 132 Å². The Morgan fingerprint density at radius 1 is 0.746 bits per heavy atom. The second-order valence-corrected chi connectivity index (χ2v) is 27.4. The average Bonchev–Trinajstić information content (AvgIpc) is 3.77. The summed E-state index contributed by atoms with van der Waals surface area (Å²) in [6.07, 6.45) is 3.27. The Labute approximate surface area is 364 Å². The summed E-state index contributed by atoms with van der Waals surface area (Å²) < 4.78 is 10.4. The molecule has 0 unspecified atom stereocenters. The molecule has 7 heteroatoms. The fourth-order valence-corrected chi connectivity index (χ4v) is 11.4. The van der Waals surface area contributed by atoms with Gasteiger partial charge in [0.2, 0.25) is 5.71 Å². The van der Waals surface area contributed by atoms with Crippen molar-refractivity contribution in [3.8, 4) is 33.9 Å². The molecule has 0 saturated heterocycles. The summed E-state index contributed by atoms with van der Waals surface area (Å²) in [6.45, 7) is 11.6. The van der Waals surface area contributed by atoms with Crippen LogP contribution in [0.5, 0.6) is 0 Å². The van der Waals surface area contributed by atoms with Crippen LogP contribution in [0, 0.1) is 38.8 Å². The number of para-hydroxylation sites is 2. The molecule has 0 amide bonds. The zero-order valence-electron chi connectivity index (χ0n) is 35.1. The van der Waals surface area contributed by atoms with Crippen molar-refractivity contribution in [3.05, 3.63) is 167 Å². The normalized spacial score (nSPS) is 11.5. The van der Waals surface area contributed by atoms with Crippen molar-refractivity contribution in [2.24, 2.45) is 5.92 Å². The van der Waals surface area contributed by atoms with Gasteiger partial charge >= 0.3 is 126 Å². The molecule has 0 bridgehead atoms. The maximum atomic E-state index is 6.57. The minimum absolute atomic E-state index is 0. The molecule has 0 spiro atoms. The number of pyridine rings is 2. The van der Waals surface area contributed by atoms with E-state index < -0.39 is 13.3 Å². The van der Waals surface area contributed by atoms with Crippen LogP contribution in [0.1, 0.15) is 41.7 Å². The molecule has 59 heavy (non-hydrogen) atoms. The average molecular weight is 1010 g/mol. The van der Waals surface area contributed by atoms with Crippen LogP contribution in [-0.2, 0) is 33.1 Å². The van der Waals surface area contributed by atoms with Crippen molar-refractivity contribution in [1.82, 2.24) is 19.5 Å². The largest absolute Gasteiger partial charge is 0.486 e. The zero-order chi connectivity index (χ0) is 40.6. The van der Waals surface area contributed by atoms with Gasteiger partial charge in [0.1, 0.15) is 0 Å². The van der Waals surface area contributed by atoms with Gasteiger partial charge < -0.3 is 8.98 Å². The van der Waals surface area contributed by atoms with E-state index in [1.54, 1.807) is 4.40 Å². The minimum Gasteiger partial charge on any atom is -0.486 e. The number of aromatic nitrogens is 4. The Bertz CT molecular complexity index is 2870. The Balaban J connectivity index is 0.000000214. The van der Waals surface area contributed by atoms with Gasteiger partial charge in [0.05, 0.1) is 28.1 Å². The van der Waals surface area contributed by atoms with Crippen LogP contribution >= 0.6 is 0 Å². The number of fused-ring (bicyclic) bond motifs is 4. The Hall–Kier alpha value is -5.14. The molecule has 1 radical (unpaired) electrons. The van der Waals surface area contributed by atoms with E-state index in [2.05, 4.69) is 160 Å². The Kier molecular flexibility index (Phi) is 12.5. The minimum atomic E-state index is -1.86. The van der Waals surface area contributed by atoms with Gasteiger partial charge in [-0.3, -0.25) is 4.98 Å². The van der Waals surface area contributed by atoms with Crippen LogP contribution in [0.25, 0.3) is 67.0 Å². The van der Waals surface area contributed by atoms with Crippen molar-refractivity contribution < 1.29 is 24.5 Å². The first-order chi connectivity index (χ1) is 28.0. The molecule has 4 aromatic heterocycles. The SMILES string of the molecule is CC(C)Cc1cc(-c2[c-]cccc2)nc[c]1[Ge]([CH3])([CH3])[CH3].Cc1cccc(C)c1-c1ccc2c(n1)oc1c(-c3nc4ccccc4n3Cc3ccccc3)[c-]cc(C)c12.[Ir]. The van der Waals surface area contributed by atoms with Crippen LogP contribution in [-0.4, -0.2) is 32.8 Å². The monoisotopic (exact) mass is 1010 g/mol. The number of rotatable bonds is 8. The number of benzene rings is 5. The first-order valence-electron chi connectivity index (χ1n) is 20.2. The van der Waals surface area contributed by atoms with Gasteiger partial charge in [-0.2, -0.15) is 0 Å². The van der Waals surface area contributed by atoms with Gasteiger partial charge in [0.15, 0.2) is 0 Å². The van der Waals surface area contributed by atoms with E-state index in [0.717, 1.165) is 73.3 Å². The van der Waals surface area contributed by atoms with Crippen LogP contribution < -0.4 is 4.40 Å². The molecular formula is C52H50GeIrN4O-2. The van der Waals surface area contributed by atoms with Crippen molar-refractivity contribution in [2.75, 3.05) is 0 Å². The van der Waals surface area contributed by atoms with E-state index in [1.807, 2.05) is 36.4 Å². The summed E-state index contributed by atoms with van der Waals surface area (Å²) in [7, 11) is 0.